The van der Waals surface area contributed by atoms with E-state index >= 15 is 0 Å². The Kier molecular flexibility index (Phi) is 3.42. The highest BCUT2D eigenvalue weighted by molar-refractivity contribution is 7.11. The molecule has 5 heteroatoms. The summed E-state index contributed by atoms with van der Waals surface area (Å²) in [5.41, 5.74) is 1.30. The average Bonchev–Trinajstić information content (AvgIpc) is 2.71. The zero-order valence-electron chi connectivity index (χ0n) is 10.0. The summed E-state index contributed by atoms with van der Waals surface area (Å²) in [6.07, 6.45) is 4.34. The molecule has 0 spiro atoms. The number of nitrogens with zero attached hydrogens (tertiary/aromatic N) is 2. The van der Waals surface area contributed by atoms with Gasteiger partial charge >= 0.3 is 0 Å². The van der Waals surface area contributed by atoms with Crippen LogP contribution in [0.4, 0.5) is 0 Å². The van der Waals surface area contributed by atoms with Gasteiger partial charge in [0.25, 0.3) is 0 Å². The van der Waals surface area contributed by atoms with Gasteiger partial charge in [-0.3, -0.25) is 5.84 Å². The first kappa shape index (κ1) is 11.6. The molecule has 0 aromatic carbocycles. The molecule has 1 saturated heterocycles. The predicted octanol–water partition coefficient (Wildman–Crippen LogP) is 1.31. The number of hydrogen-bond donors (Lipinski definition) is 1. The molecule has 2 N–H and O–H groups in total. The van der Waals surface area contributed by atoms with E-state index in [0.717, 1.165) is 52.0 Å². The van der Waals surface area contributed by atoms with E-state index in [1.165, 1.54) is 15.6 Å². The van der Waals surface area contributed by atoms with Gasteiger partial charge in [0.15, 0.2) is 0 Å². The molecule has 3 heterocycles. The zero-order chi connectivity index (χ0) is 11.7. The molecule has 0 bridgehead atoms. The van der Waals surface area contributed by atoms with Gasteiger partial charge in [0.2, 0.25) is 0 Å². The fourth-order valence-corrected chi connectivity index (χ4v) is 3.79. The maximum absolute atomic E-state index is 5.85. The molecule has 1 aromatic heterocycles. The molecule has 0 unspecified atom stereocenters. The van der Waals surface area contributed by atoms with Gasteiger partial charge in [-0.1, -0.05) is 0 Å². The molecule has 0 amide bonds. The molecule has 0 aliphatic carbocycles. The summed E-state index contributed by atoms with van der Waals surface area (Å²) in [7, 11) is 0. The molecular formula is C12H19N3OS. The number of fused-ring (bicyclic) bond motifs is 1. The van der Waals surface area contributed by atoms with Crippen molar-refractivity contribution in [3.05, 3.63) is 15.6 Å². The summed E-state index contributed by atoms with van der Waals surface area (Å²) in [4.78, 5) is 6.31. The number of hydrogen-bond acceptors (Lipinski definition) is 5. The second-order valence-electron chi connectivity index (χ2n) is 4.84. The monoisotopic (exact) mass is 253 g/mol. The minimum absolute atomic E-state index is 0.634. The van der Waals surface area contributed by atoms with E-state index < -0.39 is 0 Å². The minimum Gasteiger partial charge on any atom is -0.381 e. The third-order valence-corrected chi connectivity index (χ3v) is 4.95. The van der Waals surface area contributed by atoms with E-state index in [9.17, 15) is 0 Å². The Balaban J connectivity index is 1.77. The van der Waals surface area contributed by atoms with Gasteiger partial charge in [0.05, 0.1) is 10.7 Å². The molecule has 0 radical (unpaired) electrons. The number of ether oxygens (including phenoxy) is 1. The molecule has 0 saturated carbocycles. The van der Waals surface area contributed by atoms with Crippen LogP contribution in [-0.2, 0) is 17.6 Å². The van der Waals surface area contributed by atoms with Crippen molar-refractivity contribution in [3.63, 3.8) is 0 Å². The Labute approximate surface area is 106 Å². The summed E-state index contributed by atoms with van der Waals surface area (Å²) in [6, 6.07) is 0. The lowest BCUT2D eigenvalue weighted by Gasteiger charge is -2.19. The van der Waals surface area contributed by atoms with Gasteiger partial charge in [-0.05, 0) is 19.3 Å². The van der Waals surface area contributed by atoms with Gasteiger partial charge < -0.3 is 4.74 Å². The summed E-state index contributed by atoms with van der Waals surface area (Å²) >= 11 is 1.91. The molecule has 3 rings (SSSR count). The SMILES string of the molecule is NN1CCc2nc(C3CCOCC3)sc2CC1. The van der Waals surface area contributed by atoms with Gasteiger partial charge in [-0.15, -0.1) is 11.3 Å². The van der Waals surface area contributed by atoms with Crippen molar-refractivity contribution >= 4 is 11.3 Å². The highest BCUT2D eigenvalue weighted by Gasteiger charge is 2.23. The van der Waals surface area contributed by atoms with Crippen molar-refractivity contribution < 1.29 is 4.74 Å². The van der Waals surface area contributed by atoms with E-state index in [1.54, 1.807) is 0 Å². The lowest BCUT2D eigenvalue weighted by Crippen LogP contribution is -2.33. The summed E-state index contributed by atoms with van der Waals surface area (Å²) in [5, 5.41) is 3.24. The maximum atomic E-state index is 5.85. The van der Waals surface area contributed by atoms with Gasteiger partial charge in [-0.25, -0.2) is 9.99 Å². The normalized spacial score (nSPS) is 23.4. The van der Waals surface area contributed by atoms with Crippen LogP contribution in [-0.4, -0.2) is 36.3 Å². The van der Waals surface area contributed by atoms with E-state index in [-0.39, 0.29) is 0 Å². The topological polar surface area (TPSA) is 51.4 Å². The molecular weight excluding hydrogens is 234 g/mol. The number of hydrazine groups is 1. The van der Waals surface area contributed by atoms with E-state index in [2.05, 4.69) is 0 Å². The third-order valence-electron chi connectivity index (χ3n) is 3.63. The van der Waals surface area contributed by atoms with Crippen LogP contribution in [0.5, 0.6) is 0 Å². The number of thiazole rings is 1. The zero-order valence-corrected chi connectivity index (χ0v) is 10.8. The lowest BCUT2D eigenvalue weighted by molar-refractivity contribution is 0.0852. The Morgan fingerprint density at radius 3 is 2.82 bits per heavy atom. The Bertz CT molecular complexity index is 362. The molecule has 94 valence electrons. The summed E-state index contributed by atoms with van der Waals surface area (Å²) in [5.74, 6) is 6.48. The molecule has 2 aliphatic rings. The Morgan fingerprint density at radius 2 is 2.00 bits per heavy atom. The smallest absolute Gasteiger partial charge is 0.0963 e. The van der Waals surface area contributed by atoms with Crippen molar-refractivity contribution in [3.8, 4) is 0 Å². The maximum Gasteiger partial charge on any atom is 0.0963 e. The van der Waals surface area contributed by atoms with Crippen molar-refractivity contribution in [1.82, 2.24) is 9.99 Å². The van der Waals surface area contributed by atoms with Crippen molar-refractivity contribution in [2.75, 3.05) is 26.3 Å². The molecule has 1 fully saturated rings. The van der Waals surface area contributed by atoms with E-state index in [1.807, 2.05) is 16.3 Å². The molecule has 17 heavy (non-hydrogen) atoms. The summed E-state index contributed by atoms with van der Waals surface area (Å²) < 4.78 is 5.41. The number of nitrogens with two attached hydrogens (primary N) is 1. The average molecular weight is 253 g/mol. The number of rotatable bonds is 1. The largest absolute Gasteiger partial charge is 0.381 e. The van der Waals surface area contributed by atoms with E-state index in [4.69, 9.17) is 15.6 Å². The van der Waals surface area contributed by atoms with Crippen molar-refractivity contribution in [2.24, 2.45) is 5.84 Å². The van der Waals surface area contributed by atoms with Gasteiger partial charge in [0, 0.05) is 43.5 Å². The number of aromatic nitrogens is 1. The fraction of sp³-hybridized carbons (Fsp3) is 0.750. The second-order valence-corrected chi connectivity index (χ2v) is 5.96. The van der Waals surface area contributed by atoms with Gasteiger partial charge in [0.1, 0.15) is 0 Å². The van der Waals surface area contributed by atoms with Gasteiger partial charge in [-0.2, -0.15) is 0 Å². The first-order valence-corrected chi connectivity index (χ1v) is 7.20. The molecule has 0 atom stereocenters. The summed E-state index contributed by atoms with van der Waals surface area (Å²) in [6.45, 7) is 3.68. The Morgan fingerprint density at radius 1 is 1.24 bits per heavy atom. The van der Waals surface area contributed by atoms with Crippen LogP contribution in [0.1, 0.15) is 34.3 Å². The minimum atomic E-state index is 0.634. The predicted molar refractivity (Wildman–Crippen MR) is 68.1 cm³/mol. The van der Waals surface area contributed by atoms with Crippen LogP contribution in [0.15, 0.2) is 0 Å². The lowest BCUT2D eigenvalue weighted by atomic mass is 10.0. The fourth-order valence-electron chi connectivity index (χ4n) is 2.52. The van der Waals surface area contributed by atoms with Crippen LogP contribution in [0.25, 0.3) is 0 Å². The first-order chi connectivity index (χ1) is 8.33. The standard InChI is InChI=1S/C12H19N3OS/c13-15-5-1-10-11(2-6-15)17-12(14-10)9-3-7-16-8-4-9/h9H,1-8,13H2. The van der Waals surface area contributed by atoms with Crippen LogP contribution >= 0.6 is 11.3 Å². The van der Waals surface area contributed by atoms with Crippen LogP contribution < -0.4 is 5.84 Å². The first-order valence-electron chi connectivity index (χ1n) is 6.39. The molecule has 2 aliphatic heterocycles. The second kappa shape index (κ2) is 5.02. The molecule has 4 nitrogen and oxygen atoms in total. The quantitative estimate of drug-likeness (QED) is 0.767. The highest BCUT2D eigenvalue weighted by atomic mass is 32.1. The molecule has 1 aromatic rings. The van der Waals surface area contributed by atoms with E-state index in [0.29, 0.717) is 5.92 Å². The van der Waals surface area contributed by atoms with Crippen LogP contribution in [0.2, 0.25) is 0 Å². The van der Waals surface area contributed by atoms with Crippen molar-refractivity contribution in [2.45, 2.75) is 31.6 Å². The third kappa shape index (κ3) is 2.52. The van der Waals surface area contributed by atoms with Crippen LogP contribution in [0.3, 0.4) is 0 Å². The van der Waals surface area contributed by atoms with Crippen molar-refractivity contribution in [1.29, 1.82) is 0 Å². The highest BCUT2D eigenvalue weighted by Crippen LogP contribution is 2.33. The Hall–Kier alpha value is -0.490. The van der Waals surface area contributed by atoms with Crippen LogP contribution in [0, 0.1) is 0 Å².